The molecule has 2 saturated heterocycles. The summed E-state index contributed by atoms with van der Waals surface area (Å²) in [7, 11) is 1.55. The van der Waals surface area contributed by atoms with Crippen molar-refractivity contribution >= 4 is 0 Å². The molecule has 4 atom stereocenters. The second-order valence-electron chi connectivity index (χ2n) is 4.26. The molecule has 16 heavy (non-hydrogen) atoms. The average molecular weight is 229 g/mol. The summed E-state index contributed by atoms with van der Waals surface area (Å²) in [5.74, 6) is -0.648. The predicted molar refractivity (Wildman–Crippen MR) is 53.5 cm³/mol. The van der Waals surface area contributed by atoms with Crippen LogP contribution >= 0.6 is 0 Å². The molecular formula is C9H15N3O4. The fraction of sp³-hybridized carbons (Fsp3) is 1.00. The third kappa shape index (κ3) is 2.00. The number of azide groups is 1. The Balaban J connectivity index is 2.10. The molecule has 2 fully saturated rings. The Bertz CT molecular complexity index is 316. The van der Waals surface area contributed by atoms with Crippen molar-refractivity contribution in [3.63, 3.8) is 0 Å². The summed E-state index contributed by atoms with van der Waals surface area (Å²) in [5, 5.41) is 3.50. The number of fused-ring (bicyclic) bond motifs is 1. The van der Waals surface area contributed by atoms with Crippen molar-refractivity contribution in [1.82, 2.24) is 0 Å². The highest BCUT2D eigenvalue weighted by Gasteiger charge is 2.55. The van der Waals surface area contributed by atoms with Crippen molar-refractivity contribution in [2.24, 2.45) is 5.11 Å². The second kappa shape index (κ2) is 4.20. The third-order valence-corrected chi connectivity index (χ3v) is 2.66. The highest BCUT2D eigenvalue weighted by atomic mass is 16.8. The van der Waals surface area contributed by atoms with Crippen LogP contribution in [0.2, 0.25) is 0 Å². The topological polar surface area (TPSA) is 85.7 Å². The van der Waals surface area contributed by atoms with Crippen LogP contribution in [0.15, 0.2) is 5.11 Å². The van der Waals surface area contributed by atoms with Crippen LogP contribution in [0.1, 0.15) is 13.8 Å². The largest absolute Gasteiger partial charge is 0.353 e. The second-order valence-corrected chi connectivity index (χ2v) is 4.26. The van der Waals surface area contributed by atoms with Gasteiger partial charge in [-0.05, 0) is 19.4 Å². The van der Waals surface area contributed by atoms with E-state index in [9.17, 15) is 0 Å². The molecule has 0 aliphatic carbocycles. The molecule has 90 valence electrons. The van der Waals surface area contributed by atoms with Crippen LogP contribution in [-0.4, -0.2) is 44.0 Å². The van der Waals surface area contributed by atoms with E-state index in [2.05, 4.69) is 10.0 Å². The molecule has 7 heteroatoms. The lowest BCUT2D eigenvalue weighted by atomic mass is 10.1. The minimum atomic E-state index is -0.648. The maximum atomic E-state index is 8.29. The first kappa shape index (κ1) is 11.6. The van der Waals surface area contributed by atoms with E-state index in [1.807, 2.05) is 13.8 Å². The van der Waals surface area contributed by atoms with E-state index in [4.69, 9.17) is 24.5 Å². The van der Waals surface area contributed by atoms with E-state index < -0.39 is 12.1 Å². The van der Waals surface area contributed by atoms with Gasteiger partial charge in [0.1, 0.15) is 12.2 Å². The van der Waals surface area contributed by atoms with Crippen LogP contribution in [0.5, 0.6) is 0 Å². The van der Waals surface area contributed by atoms with E-state index in [1.54, 1.807) is 7.11 Å². The molecule has 0 spiro atoms. The first-order valence-electron chi connectivity index (χ1n) is 5.12. The molecule has 0 aromatic carbocycles. The van der Waals surface area contributed by atoms with E-state index in [1.165, 1.54) is 0 Å². The lowest BCUT2D eigenvalue weighted by Gasteiger charge is -2.22. The van der Waals surface area contributed by atoms with Crippen molar-refractivity contribution in [2.75, 3.05) is 13.7 Å². The maximum absolute atomic E-state index is 8.29. The Morgan fingerprint density at radius 3 is 2.69 bits per heavy atom. The highest BCUT2D eigenvalue weighted by molar-refractivity contribution is 4.95. The summed E-state index contributed by atoms with van der Waals surface area (Å²) in [6.45, 7) is 3.89. The number of ether oxygens (including phenoxy) is 4. The summed E-state index contributed by atoms with van der Waals surface area (Å²) in [6.07, 6.45) is -1.29. The van der Waals surface area contributed by atoms with Gasteiger partial charge in [-0.3, -0.25) is 0 Å². The summed E-state index contributed by atoms with van der Waals surface area (Å²) >= 11 is 0. The van der Waals surface area contributed by atoms with E-state index in [0.717, 1.165) is 0 Å². The number of hydrogen-bond acceptors (Lipinski definition) is 5. The Hall–Kier alpha value is -0.850. The molecule has 0 amide bonds. The molecule has 2 rings (SSSR count). The Morgan fingerprint density at radius 2 is 2.06 bits per heavy atom. The SMILES string of the molecule is CO[C@H]1O[C@@H](CN=[N+]=[N-])[C@H]2OC(C)(C)O[C@@H]12. The normalized spacial score (nSPS) is 40.4. The fourth-order valence-electron chi connectivity index (χ4n) is 2.10. The van der Waals surface area contributed by atoms with Gasteiger partial charge in [0.15, 0.2) is 12.1 Å². The lowest BCUT2D eigenvalue weighted by Crippen LogP contribution is -2.31. The molecule has 0 aromatic heterocycles. The molecule has 7 nitrogen and oxygen atoms in total. The molecular weight excluding hydrogens is 214 g/mol. The quantitative estimate of drug-likeness (QED) is 0.413. The van der Waals surface area contributed by atoms with Gasteiger partial charge in [-0.25, -0.2) is 0 Å². The monoisotopic (exact) mass is 229 g/mol. The average Bonchev–Trinajstić information content (AvgIpc) is 2.69. The molecule has 0 unspecified atom stereocenters. The minimum absolute atomic E-state index is 0.219. The van der Waals surface area contributed by atoms with Crippen molar-refractivity contribution in [2.45, 2.75) is 44.2 Å². The highest BCUT2D eigenvalue weighted by Crippen LogP contribution is 2.38. The Labute approximate surface area is 93.2 Å². The summed E-state index contributed by atoms with van der Waals surface area (Å²) < 4.78 is 22.1. The predicted octanol–water partition coefficient (Wildman–Crippen LogP) is 1.19. The van der Waals surface area contributed by atoms with Crippen molar-refractivity contribution in [3.05, 3.63) is 10.4 Å². The molecule has 0 bridgehead atoms. The van der Waals surface area contributed by atoms with E-state index in [0.29, 0.717) is 0 Å². The van der Waals surface area contributed by atoms with Crippen LogP contribution in [0.3, 0.4) is 0 Å². The molecule has 2 heterocycles. The van der Waals surface area contributed by atoms with Crippen LogP contribution < -0.4 is 0 Å². The Morgan fingerprint density at radius 1 is 1.38 bits per heavy atom. The maximum Gasteiger partial charge on any atom is 0.186 e. The number of hydrogen-bond donors (Lipinski definition) is 0. The number of nitrogens with zero attached hydrogens (tertiary/aromatic N) is 3. The zero-order valence-electron chi connectivity index (χ0n) is 9.49. The summed E-state index contributed by atoms with van der Waals surface area (Å²) in [6, 6.07) is 0. The van der Waals surface area contributed by atoms with Crippen molar-refractivity contribution < 1.29 is 18.9 Å². The lowest BCUT2D eigenvalue weighted by molar-refractivity contribution is -0.225. The van der Waals surface area contributed by atoms with E-state index in [-0.39, 0.29) is 24.9 Å². The van der Waals surface area contributed by atoms with Crippen LogP contribution in [-0.2, 0) is 18.9 Å². The van der Waals surface area contributed by atoms with Gasteiger partial charge in [0.2, 0.25) is 0 Å². The molecule has 0 N–H and O–H groups in total. The number of rotatable bonds is 3. The van der Waals surface area contributed by atoms with Crippen LogP contribution in [0.4, 0.5) is 0 Å². The van der Waals surface area contributed by atoms with Gasteiger partial charge in [-0.15, -0.1) is 0 Å². The van der Waals surface area contributed by atoms with Gasteiger partial charge in [-0.2, -0.15) is 0 Å². The smallest absolute Gasteiger partial charge is 0.186 e. The zero-order chi connectivity index (χ0) is 11.8. The van der Waals surface area contributed by atoms with Gasteiger partial charge in [0.25, 0.3) is 0 Å². The third-order valence-electron chi connectivity index (χ3n) is 2.66. The van der Waals surface area contributed by atoms with Gasteiger partial charge in [-0.1, -0.05) is 5.11 Å². The van der Waals surface area contributed by atoms with Crippen molar-refractivity contribution in [3.8, 4) is 0 Å². The fourth-order valence-corrected chi connectivity index (χ4v) is 2.10. The van der Waals surface area contributed by atoms with Gasteiger partial charge < -0.3 is 18.9 Å². The standard InChI is InChI=1S/C9H15N3O4/c1-9(2)15-6-5(4-11-12-10)14-8(13-3)7(6)16-9/h5-8H,4H2,1-3H3/t5-,6+,7+,8-/m0/s1. The molecule has 0 aromatic rings. The summed E-state index contributed by atoms with van der Waals surface area (Å²) in [4.78, 5) is 2.71. The molecule has 0 saturated carbocycles. The van der Waals surface area contributed by atoms with E-state index >= 15 is 0 Å². The van der Waals surface area contributed by atoms with Crippen molar-refractivity contribution in [1.29, 1.82) is 0 Å². The van der Waals surface area contributed by atoms with Gasteiger partial charge in [0, 0.05) is 12.0 Å². The first-order chi connectivity index (χ1) is 7.57. The Kier molecular flexibility index (Phi) is 3.05. The zero-order valence-corrected chi connectivity index (χ0v) is 9.49. The molecule has 2 aliphatic heterocycles. The van der Waals surface area contributed by atoms with Gasteiger partial charge >= 0.3 is 0 Å². The number of methoxy groups -OCH3 is 1. The van der Waals surface area contributed by atoms with Crippen LogP contribution in [0, 0.1) is 0 Å². The summed E-state index contributed by atoms with van der Waals surface area (Å²) in [5.41, 5.74) is 8.29. The van der Waals surface area contributed by atoms with Crippen LogP contribution in [0.25, 0.3) is 10.4 Å². The van der Waals surface area contributed by atoms with Gasteiger partial charge in [0.05, 0.1) is 12.6 Å². The molecule has 2 aliphatic rings. The first-order valence-corrected chi connectivity index (χ1v) is 5.12. The molecule has 0 radical (unpaired) electrons. The minimum Gasteiger partial charge on any atom is -0.353 e.